The molecule has 0 aliphatic carbocycles. The van der Waals surface area contributed by atoms with Gasteiger partial charge in [0.05, 0.1) is 23.1 Å². The van der Waals surface area contributed by atoms with Gasteiger partial charge in [0.25, 0.3) is 0 Å². The lowest BCUT2D eigenvalue weighted by atomic mass is 10.0. The molecule has 9 heteroatoms. The molecule has 2 fully saturated rings. The first-order valence-corrected chi connectivity index (χ1v) is 12.5. The highest BCUT2D eigenvalue weighted by molar-refractivity contribution is 6.30. The summed E-state index contributed by atoms with van der Waals surface area (Å²) in [6.45, 7) is 6.19. The number of halogens is 2. The number of aromatic nitrogens is 3. The number of likely N-dealkylation sites (tertiary alicyclic amines) is 1. The first-order chi connectivity index (χ1) is 17.6. The molecule has 0 unspecified atom stereocenters. The number of ether oxygens (including phenoxy) is 1. The molecule has 0 bridgehead atoms. The summed E-state index contributed by atoms with van der Waals surface area (Å²) in [6, 6.07) is 13.9. The Kier molecular flexibility index (Phi) is 6.39. The minimum atomic E-state index is -0.405. The van der Waals surface area contributed by atoms with Gasteiger partial charge < -0.3 is 15.4 Å². The second-order valence-corrected chi connectivity index (χ2v) is 9.84. The molecular weight excluding hydrogens is 479 g/mol. The van der Waals surface area contributed by atoms with Gasteiger partial charge in [-0.15, -0.1) is 0 Å². The van der Waals surface area contributed by atoms with Crippen molar-refractivity contribution in [3.63, 3.8) is 0 Å². The first-order valence-electron chi connectivity index (χ1n) is 12.1. The molecule has 36 heavy (non-hydrogen) atoms. The van der Waals surface area contributed by atoms with E-state index in [1.807, 2.05) is 24.3 Å². The molecular formula is C27H26ClFN6O. The number of anilines is 2. The second-order valence-electron chi connectivity index (χ2n) is 9.40. The minimum absolute atomic E-state index is 0.300. The first kappa shape index (κ1) is 23.1. The SMILES string of the molecule is Fc1ccc(Cl)cc1-c1cc(Nc2ccnc3cc(OCCN4C[C@H]5CNC[C@H]5C4)ccc23)cnn1. The van der Waals surface area contributed by atoms with Gasteiger partial charge in [0.2, 0.25) is 0 Å². The van der Waals surface area contributed by atoms with Crippen molar-refractivity contribution in [1.29, 1.82) is 0 Å². The van der Waals surface area contributed by atoms with E-state index in [9.17, 15) is 4.39 Å². The van der Waals surface area contributed by atoms with Crippen LogP contribution in [0.3, 0.4) is 0 Å². The maximum atomic E-state index is 14.3. The molecule has 0 spiro atoms. The zero-order valence-electron chi connectivity index (χ0n) is 19.6. The summed E-state index contributed by atoms with van der Waals surface area (Å²) in [5.41, 5.74) is 3.05. The molecule has 2 aromatic carbocycles. The Balaban J connectivity index is 1.15. The zero-order valence-corrected chi connectivity index (χ0v) is 20.4. The fourth-order valence-electron chi connectivity index (χ4n) is 5.17. The van der Waals surface area contributed by atoms with Crippen LogP contribution in [0.1, 0.15) is 0 Å². The number of rotatable bonds is 7. The molecule has 4 aromatic rings. The molecule has 184 valence electrons. The van der Waals surface area contributed by atoms with Gasteiger partial charge in [-0.25, -0.2) is 4.39 Å². The van der Waals surface area contributed by atoms with E-state index in [1.54, 1.807) is 24.5 Å². The number of benzene rings is 2. The van der Waals surface area contributed by atoms with Gasteiger partial charge in [-0.2, -0.15) is 10.2 Å². The zero-order chi connectivity index (χ0) is 24.5. The van der Waals surface area contributed by atoms with Crippen LogP contribution in [-0.4, -0.2) is 59.4 Å². The predicted molar refractivity (Wildman–Crippen MR) is 139 cm³/mol. The highest BCUT2D eigenvalue weighted by Gasteiger charge is 2.35. The van der Waals surface area contributed by atoms with E-state index in [4.69, 9.17) is 16.3 Å². The summed E-state index contributed by atoms with van der Waals surface area (Å²) >= 11 is 6.05. The smallest absolute Gasteiger partial charge is 0.132 e. The van der Waals surface area contributed by atoms with E-state index in [2.05, 4.69) is 30.7 Å². The number of nitrogens with zero attached hydrogens (tertiary/aromatic N) is 4. The normalized spacial score (nSPS) is 19.5. The van der Waals surface area contributed by atoms with Crippen molar-refractivity contribution < 1.29 is 9.13 Å². The Morgan fingerprint density at radius 2 is 1.94 bits per heavy atom. The maximum absolute atomic E-state index is 14.3. The lowest BCUT2D eigenvalue weighted by molar-refractivity contribution is 0.228. The molecule has 2 saturated heterocycles. The summed E-state index contributed by atoms with van der Waals surface area (Å²) in [6.07, 6.45) is 3.34. The van der Waals surface area contributed by atoms with Crippen molar-refractivity contribution in [3.8, 4) is 17.0 Å². The summed E-state index contributed by atoms with van der Waals surface area (Å²) in [5, 5.41) is 16.3. The third-order valence-corrected chi connectivity index (χ3v) is 7.23. The molecule has 4 heterocycles. The van der Waals surface area contributed by atoms with Crippen LogP contribution in [0.5, 0.6) is 5.75 Å². The van der Waals surface area contributed by atoms with Crippen LogP contribution in [0, 0.1) is 17.7 Å². The van der Waals surface area contributed by atoms with E-state index < -0.39 is 5.82 Å². The molecule has 0 radical (unpaired) electrons. The monoisotopic (exact) mass is 504 g/mol. The van der Waals surface area contributed by atoms with Crippen molar-refractivity contribution in [2.45, 2.75) is 0 Å². The fraction of sp³-hybridized carbons (Fsp3) is 0.296. The number of hydrogen-bond donors (Lipinski definition) is 2. The van der Waals surface area contributed by atoms with Gasteiger partial charge in [0.1, 0.15) is 18.2 Å². The van der Waals surface area contributed by atoms with Crippen LogP contribution in [-0.2, 0) is 0 Å². The van der Waals surface area contributed by atoms with Crippen LogP contribution in [0.2, 0.25) is 5.02 Å². The molecule has 2 N–H and O–H groups in total. The molecule has 2 atom stereocenters. The third kappa shape index (κ3) is 4.84. The molecule has 2 aromatic heterocycles. The number of fused-ring (bicyclic) bond motifs is 2. The fourth-order valence-corrected chi connectivity index (χ4v) is 5.34. The van der Waals surface area contributed by atoms with E-state index in [1.165, 1.54) is 12.1 Å². The van der Waals surface area contributed by atoms with Gasteiger partial charge in [0, 0.05) is 53.6 Å². The highest BCUT2D eigenvalue weighted by Crippen LogP contribution is 2.30. The summed E-state index contributed by atoms with van der Waals surface area (Å²) in [7, 11) is 0. The van der Waals surface area contributed by atoms with E-state index >= 15 is 0 Å². The van der Waals surface area contributed by atoms with Gasteiger partial charge in [0.15, 0.2) is 0 Å². The van der Waals surface area contributed by atoms with Crippen molar-refractivity contribution >= 4 is 33.9 Å². The minimum Gasteiger partial charge on any atom is -0.492 e. The van der Waals surface area contributed by atoms with E-state index in [-0.39, 0.29) is 0 Å². The highest BCUT2D eigenvalue weighted by atomic mass is 35.5. The Hall–Kier alpha value is -3.33. The van der Waals surface area contributed by atoms with Crippen LogP contribution >= 0.6 is 11.6 Å². The lowest BCUT2D eigenvalue weighted by Gasteiger charge is -2.17. The number of pyridine rings is 1. The van der Waals surface area contributed by atoms with Crippen molar-refractivity contribution in [1.82, 2.24) is 25.4 Å². The van der Waals surface area contributed by atoms with E-state index in [0.717, 1.165) is 66.9 Å². The number of hydrogen-bond acceptors (Lipinski definition) is 7. The van der Waals surface area contributed by atoms with Gasteiger partial charge >= 0.3 is 0 Å². The van der Waals surface area contributed by atoms with Crippen LogP contribution in [0.4, 0.5) is 15.8 Å². The quantitative estimate of drug-likeness (QED) is 0.376. The number of nitrogens with one attached hydrogen (secondary N) is 2. The predicted octanol–water partition coefficient (Wildman–Crippen LogP) is 4.76. The molecule has 2 aliphatic heterocycles. The molecule has 0 saturated carbocycles. The van der Waals surface area contributed by atoms with Gasteiger partial charge in [-0.3, -0.25) is 9.88 Å². The summed E-state index contributed by atoms with van der Waals surface area (Å²) in [5.74, 6) is 1.98. The van der Waals surface area contributed by atoms with Gasteiger partial charge in [-0.1, -0.05) is 11.6 Å². The molecule has 0 amide bonds. The summed E-state index contributed by atoms with van der Waals surface area (Å²) in [4.78, 5) is 7.03. The Bertz CT molecular complexity index is 1390. The molecule has 2 aliphatic rings. The third-order valence-electron chi connectivity index (χ3n) is 6.99. The topological polar surface area (TPSA) is 75.2 Å². The molecule has 6 rings (SSSR count). The molecule has 7 nitrogen and oxygen atoms in total. The van der Waals surface area contributed by atoms with Crippen LogP contribution in [0.15, 0.2) is 60.9 Å². The largest absolute Gasteiger partial charge is 0.492 e. The Morgan fingerprint density at radius 1 is 1.08 bits per heavy atom. The van der Waals surface area contributed by atoms with E-state index in [0.29, 0.717) is 28.6 Å². The maximum Gasteiger partial charge on any atom is 0.132 e. The standard InChI is InChI=1S/C27H26ClFN6O/c28-19-1-4-24(29)23(9-19)27-10-20(14-32-34-27)33-25-5-6-31-26-11-21(2-3-22(25)26)36-8-7-35-15-17-12-30-13-18(17)16-35/h1-6,9-11,14,17-18,30H,7-8,12-13,15-16H2,(H,31,33,34)/t17-,18+. The second kappa shape index (κ2) is 9.97. The Morgan fingerprint density at radius 3 is 2.81 bits per heavy atom. The Labute approximate surface area is 213 Å². The van der Waals surface area contributed by atoms with Crippen molar-refractivity contribution in [3.05, 3.63) is 71.8 Å². The average Bonchev–Trinajstić information content (AvgIpc) is 3.48. The van der Waals surface area contributed by atoms with Crippen LogP contribution in [0.25, 0.3) is 22.2 Å². The van der Waals surface area contributed by atoms with Crippen LogP contribution < -0.4 is 15.4 Å². The average molecular weight is 505 g/mol. The van der Waals surface area contributed by atoms with Gasteiger partial charge in [-0.05, 0) is 67.4 Å². The summed E-state index contributed by atoms with van der Waals surface area (Å²) < 4.78 is 20.4. The van der Waals surface area contributed by atoms with Crippen molar-refractivity contribution in [2.75, 3.05) is 44.6 Å². The van der Waals surface area contributed by atoms with Crippen molar-refractivity contribution in [2.24, 2.45) is 11.8 Å². The lowest BCUT2D eigenvalue weighted by Crippen LogP contribution is -2.29.